The summed E-state index contributed by atoms with van der Waals surface area (Å²) in [7, 11) is 0. The average Bonchev–Trinajstić information content (AvgIpc) is 3.14. The highest BCUT2D eigenvalue weighted by Crippen LogP contribution is 2.31. The van der Waals surface area contributed by atoms with Crippen LogP contribution in [0.2, 0.25) is 0 Å². The second-order valence-electron chi connectivity index (χ2n) is 4.74. The van der Waals surface area contributed by atoms with Gasteiger partial charge < -0.3 is 16.4 Å². The lowest BCUT2D eigenvalue weighted by molar-refractivity contribution is 0.103. The number of nitrogens with one attached hydrogen (secondary N) is 2. The Morgan fingerprint density at radius 1 is 1.50 bits per heavy atom. The molecule has 1 aliphatic carbocycles. The van der Waals surface area contributed by atoms with Crippen LogP contribution in [0.15, 0.2) is 18.3 Å². The first kappa shape index (κ1) is 12.9. The van der Waals surface area contributed by atoms with Crippen molar-refractivity contribution in [3.8, 4) is 0 Å². The molecule has 0 radical (unpaired) electrons. The number of amides is 1. The zero-order valence-electron chi connectivity index (χ0n) is 11.0. The van der Waals surface area contributed by atoms with E-state index in [1.807, 2.05) is 6.92 Å². The van der Waals surface area contributed by atoms with Gasteiger partial charge in [0.05, 0.1) is 11.4 Å². The number of nitrogen functional groups attached to an aromatic ring is 1. The Bertz CT molecular complexity index is 650. The van der Waals surface area contributed by atoms with E-state index in [4.69, 9.17) is 5.73 Å². The molecule has 4 N–H and O–H groups in total. The fraction of sp³-hybridized carbons (Fsp3) is 0.308. The molecular formula is C13H15N5OS. The van der Waals surface area contributed by atoms with Crippen LogP contribution in [0, 0.1) is 6.92 Å². The predicted molar refractivity (Wildman–Crippen MR) is 80.1 cm³/mol. The number of hydrogen-bond acceptors (Lipinski definition) is 6. The minimum Gasteiger partial charge on any atom is -0.382 e. The number of anilines is 3. The molecule has 1 aliphatic rings. The summed E-state index contributed by atoms with van der Waals surface area (Å²) in [4.78, 5) is 21.0. The maximum absolute atomic E-state index is 12.2. The van der Waals surface area contributed by atoms with E-state index in [1.165, 1.54) is 11.3 Å². The first-order chi connectivity index (χ1) is 9.63. The molecule has 0 unspecified atom stereocenters. The third kappa shape index (κ3) is 2.72. The number of pyridine rings is 1. The minimum atomic E-state index is -0.250. The Labute approximate surface area is 120 Å². The van der Waals surface area contributed by atoms with Crippen LogP contribution in [0.4, 0.5) is 16.6 Å². The Balaban J connectivity index is 1.76. The lowest BCUT2D eigenvalue weighted by atomic mass is 10.3. The predicted octanol–water partition coefficient (Wildman–Crippen LogP) is 2.26. The minimum absolute atomic E-state index is 0.250. The molecule has 0 spiro atoms. The number of rotatable bonds is 4. The van der Waals surface area contributed by atoms with Crippen molar-refractivity contribution in [1.29, 1.82) is 0 Å². The second kappa shape index (κ2) is 5.09. The second-order valence-corrected chi connectivity index (χ2v) is 5.74. The number of aryl methyl sites for hydroxylation is 1. The first-order valence-corrected chi connectivity index (χ1v) is 7.21. The fourth-order valence-electron chi connectivity index (χ4n) is 1.75. The van der Waals surface area contributed by atoms with E-state index < -0.39 is 0 Å². The van der Waals surface area contributed by atoms with E-state index in [-0.39, 0.29) is 11.7 Å². The summed E-state index contributed by atoms with van der Waals surface area (Å²) >= 11 is 1.28. The topological polar surface area (TPSA) is 92.9 Å². The maximum Gasteiger partial charge on any atom is 0.269 e. The number of nitrogens with zero attached hydrogens (tertiary/aromatic N) is 2. The molecule has 0 atom stereocenters. The lowest BCUT2D eigenvalue weighted by Gasteiger charge is -2.05. The highest BCUT2D eigenvalue weighted by Gasteiger charge is 2.24. The van der Waals surface area contributed by atoms with Crippen LogP contribution in [0.1, 0.15) is 28.2 Å². The summed E-state index contributed by atoms with van der Waals surface area (Å²) in [6, 6.07) is 4.07. The molecule has 2 heterocycles. The van der Waals surface area contributed by atoms with Crippen molar-refractivity contribution in [2.45, 2.75) is 25.8 Å². The van der Waals surface area contributed by atoms with Crippen LogP contribution in [0.5, 0.6) is 0 Å². The molecule has 0 bridgehead atoms. The van der Waals surface area contributed by atoms with Crippen molar-refractivity contribution in [3.63, 3.8) is 0 Å². The van der Waals surface area contributed by atoms with E-state index in [1.54, 1.807) is 18.3 Å². The van der Waals surface area contributed by atoms with Crippen molar-refractivity contribution < 1.29 is 4.79 Å². The third-order valence-corrected chi connectivity index (χ3v) is 4.02. The SMILES string of the molecule is Cc1ncccc1NC(=O)c1sc(NC2CC2)nc1N. The summed E-state index contributed by atoms with van der Waals surface area (Å²) in [5.41, 5.74) is 7.26. The van der Waals surface area contributed by atoms with Crippen LogP contribution >= 0.6 is 11.3 Å². The number of carbonyl (C=O) groups excluding carboxylic acids is 1. The highest BCUT2D eigenvalue weighted by molar-refractivity contribution is 7.18. The summed E-state index contributed by atoms with van der Waals surface area (Å²) < 4.78 is 0. The molecule has 1 saturated carbocycles. The first-order valence-electron chi connectivity index (χ1n) is 6.39. The summed E-state index contributed by atoms with van der Waals surface area (Å²) in [6.07, 6.45) is 3.98. The number of nitrogens with two attached hydrogens (primary N) is 1. The molecule has 2 aromatic rings. The van der Waals surface area contributed by atoms with Gasteiger partial charge in [-0.2, -0.15) is 0 Å². The molecule has 0 aromatic carbocycles. The lowest BCUT2D eigenvalue weighted by Crippen LogP contribution is -2.13. The van der Waals surface area contributed by atoms with Crippen molar-refractivity contribution in [1.82, 2.24) is 9.97 Å². The van der Waals surface area contributed by atoms with Crippen molar-refractivity contribution in [2.75, 3.05) is 16.4 Å². The largest absolute Gasteiger partial charge is 0.382 e. The molecule has 3 rings (SSSR count). The standard InChI is InChI=1S/C13H15N5OS/c1-7-9(3-2-6-15-7)17-12(19)10-11(14)18-13(20-10)16-8-4-5-8/h2-3,6,8H,4-5,14H2,1H3,(H,16,18)(H,17,19). The Morgan fingerprint density at radius 3 is 3.00 bits per heavy atom. The van der Waals surface area contributed by atoms with Gasteiger partial charge in [0.25, 0.3) is 5.91 Å². The van der Waals surface area contributed by atoms with E-state index in [0.29, 0.717) is 21.7 Å². The number of aromatic nitrogens is 2. The molecule has 2 aromatic heterocycles. The molecule has 20 heavy (non-hydrogen) atoms. The highest BCUT2D eigenvalue weighted by atomic mass is 32.1. The van der Waals surface area contributed by atoms with Crippen molar-refractivity contribution in [2.24, 2.45) is 0 Å². The van der Waals surface area contributed by atoms with E-state index >= 15 is 0 Å². The van der Waals surface area contributed by atoms with Crippen LogP contribution in [0.25, 0.3) is 0 Å². The smallest absolute Gasteiger partial charge is 0.269 e. The Morgan fingerprint density at radius 2 is 2.30 bits per heavy atom. The van der Waals surface area contributed by atoms with Crippen LogP contribution in [-0.4, -0.2) is 21.9 Å². The molecule has 0 aliphatic heterocycles. The van der Waals surface area contributed by atoms with Gasteiger partial charge in [-0.15, -0.1) is 0 Å². The monoisotopic (exact) mass is 289 g/mol. The quantitative estimate of drug-likeness (QED) is 0.802. The fourth-order valence-corrected chi connectivity index (χ4v) is 2.61. The van der Waals surface area contributed by atoms with Gasteiger partial charge in [-0.25, -0.2) is 4.98 Å². The van der Waals surface area contributed by atoms with Crippen LogP contribution in [-0.2, 0) is 0 Å². The normalized spacial score (nSPS) is 14.1. The van der Waals surface area contributed by atoms with Gasteiger partial charge >= 0.3 is 0 Å². The molecule has 104 valence electrons. The Kier molecular flexibility index (Phi) is 3.27. The summed E-state index contributed by atoms with van der Waals surface area (Å²) in [6.45, 7) is 1.84. The zero-order valence-corrected chi connectivity index (χ0v) is 11.8. The van der Waals surface area contributed by atoms with Crippen molar-refractivity contribution in [3.05, 3.63) is 28.9 Å². The van der Waals surface area contributed by atoms with Gasteiger partial charge in [0.1, 0.15) is 10.7 Å². The molecule has 6 nitrogen and oxygen atoms in total. The van der Waals surface area contributed by atoms with Crippen LogP contribution in [0.3, 0.4) is 0 Å². The van der Waals surface area contributed by atoms with E-state index in [0.717, 1.165) is 18.5 Å². The molecule has 0 saturated heterocycles. The maximum atomic E-state index is 12.2. The van der Waals surface area contributed by atoms with Gasteiger partial charge in [0.15, 0.2) is 5.13 Å². The van der Waals surface area contributed by atoms with Gasteiger partial charge in [0.2, 0.25) is 0 Å². The van der Waals surface area contributed by atoms with Crippen molar-refractivity contribution >= 4 is 33.9 Å². The molecule has 7 heteroatoms. The Hall–Kier alpha value is -2.15. The molecular weight excluding hydrogens is 274 g/mol. The van der Waals surface area contributed by atoms with E-state index in [9.17, 15) is 4.79 Å². The zero-order chi connectivity index (χ0) is 14.1. The molecule has 1 fully saturated rings. The number of hydrogen-bond donors (Lipinski definition) is 3. The third-order valence-electron chi connectivity index (χ3n) is 3.02. The summed E-state index contributed by atoms with van der Waals surface area (Å²) in [5.74, 6) is 0.0112. The van der Waals surface area contributed by atoms with Gasteiger partial charge in [-0.1, -0.05) is 11.3 Å². The van der Waals surface area contributed by atoms with Gasteiger partial charge in [0, 0.05) is 12.2 Å². The van der Waals surface area contributed by atoms with Gasteiger partial charge in [-0.05, 0) is 31.9 Å². The number of thiazole rings is 1. The average molecular weight is 289 g/mol. The summed E-state index contributed by atoms with van der Waals surface area (Å²) in [5, 5.41) is 6.76. The van der Waals surface area contributed by atoms with Crippen LogP contribution < -0.4 is 16.4 Å². The van der Waals surface area contributed by atoms with Gasteiger partial charge in [-0.3, -0.25) is 9.78 Å². The molecule has 1 amide bonds. The van der Waals surface area contributed by atoms with E-state index in [2.05, 4.69) is 20.6 Å². The number of carbonyl (C=O) groups is 1.